The molecule has 1 N–H and O–H groups in total. The van der Waals surface area contributed by atoms with E-state index in [1.54, 1.807) is 0 Å². The zero-order chi connectivity index (χ0) is 9.78. The highest BCUT2D eigenvalue weighted by atomic mass is 19.2. The van der Waals surface area contributed by atoms with E-state index in [1.807, 2.05) is 0 Å². The number of esters is 1. The molecule has 4 nitrogen and oxygen atoms in total. The van der Waals surface area contributed by atoms with Crippen molar-refractivity contribution < 1.29 is 23.8 Å². The molecule has 0 unspecified atom stereocenters. The third kappa shape index (κ3) is 6.73. The topological polar surface area (TPSA) is 63.6 Å². The number of halogens is 1. The van der Waals surface area contributed by atoms with E-state index in [9.17, 15) is 14.0 Å². The Morgan fingerprint density at radius 3 is 2.25 bits per heavy atom. The van der Waals surface area contributed by atoms with E-state index in [4.69, 9.17) is 5.11 Å². The lowest BCUT2D eigenvalue weighted by atomic mass is 10.4. The molecule has 0 spiro atoms. The molecule has 0 aliphatic carbocycles. The predicted molar refractivity (Wildman–Crippen MR) is 38.1 cm³/mol. The summed E-state index contributed by atoms with van der Waals surface area (Å²) in [4.78, 5) is 20.4. The minimum absolute atomic E-state index is 0.577. The summed E-state index contributed by atoms with van der Waals surface area (Å²) in [7, 11) is 0. The van der Waals surface area contributed by atoms with Gasteiger partial charge in [0.1, 0.15) is 0 Å². The highest BCUT2D eigenvalue weighted by molar-refractivity contribution is 5.90. The van der Waals surface area contributed by atoms with Gasteiger partial charge in [-0.2, -0.15) is 4.39 Å². The number of hydrogen-bond acceptors (Lipinski definition) is 3. The monoisotopic (exact) mass is 176 g/mol. The minimum atomic E-state index is -2.08. The van der Waals surface area contributed by atoms with E-state index in [0.29, 0.717) is 12.2 Å². The predicted octanol–water partition coefficient (Wildman–Crippen LogP) is 0.876. The molecule has 0 amide bonds. The van der Waals surface area contributed by atoms with Gasteiger partial charge in [-0.3, -0.25) is 0 Å². The van der Waals surface area contributed by atoms with Crippen LogP contribution in [0.3, 0.4) is 0 Å². The maximum Gasteiger partial charge on any atom is 0.333 e. The molecule has 0 rings (SSSR count). The number of carbonyl (C=O) groups excluding carboxylic acids is 1. The highest BCUT2D eigenvalue weighted by Crippen LogP contribution is 2.09. The van der Waals surface area contributed by atoms with Crippen molar-refractivity contribution in [3.63, 3.8) is 0 Å². The first-order chi connectivity index (χ1) is 5.31. The van der Waals surface area contributed by atoms with Gasteiger partial charge in [-0.05, 0) is 0 Å². The minimum Gasteiger partial charge on any atom is -0.478 e. The van der Waals surface area contributed by atoms with E-state index in [2.05, 4.69) is 4.74 Å². The molecule has 0 aromatic rings. The molecular formula is C7H9FO4. The summed E-state index contributed by atoms with van der Waals surface area (Å²) in [6.45, 7) is 2.08. The molecule has 0 aliphatic heterocycles. The Morgan fingerprint density at radius 2 is 1.92 bits per heavy atom. The summed E-state index contributed by atoms with van der Waals surface area (Å²) in [5, 5.41) is 8.07. The van der Waals surface area contributed by atoms with Gasteiger partial charge in [0.2, 0.25) is 5.85 Å². The molecular weight excluding hydrogens is 167 g/mol. The number of aliphatic carboxylic acids is 1. The zero-order valence-electron chi connectivity index (χ0n) is 6.70. The smallest absolute Gasteiger partial charge is 0.333 e. The van der Waals surface area contributed by atoms with Crippen molar-refractivity contribution in [2.45, 2.75) is 19.7 Å². The van der Waals surface area contributed by atoms with Gasteiger partial charge in [0.15, 0.2) is 0 Å². The summed E-state index contributed by atoms with van der Waals surface area (Å²) in [6, 6.07) is 0. The maximum atomic E-state index is 12.5. The van der Waals surface area contributed by atoms with E-state index >= 15 is 0 Å². The van der Waals surface area contributed by atoms with Crippen molar-refractivity contribution >= 4 is 11.9 Å². The SMILES string of the molecule is CC(C)(F)OC(=O)C=CC(=O)O. The van der Waals surface area contributed by atoms with Crippen LogP contribution in [0.5, 0.6) is 0 Å². The maximum absolute atomic E-state index is 12.5. The first-order valence-corrected chi connectivity index (χ1v) is 3.14. The second kappa shape index (κ2) is 3.85. The Kier molecular flexibility index (Phi) is 3.40. The van der Waals surface area contributed by atoms with E-state index < -0.39 is 17.8 Å². The molecule has 0 bridgehead atoms. The second-order valence-electron chi connectivity index (χ2n) is 2.46. The van der Waals surface area contributed by atoms with Crippen molar-refractivity contribution in [2.75, 3.05) is 0 Å². The normalized spacial score (nSPS) is 11.6. The van der Waals surface area contributed by atoms with Crippen LogP contribution in [-0.2, 0) is 14.3 Å². The summed E-state index contributed by atoms with van der Waals surface area (Å²) in [6.07, 6.45) is 1.22. The molecule has 12 heavy (non-hydrogen) atoms. The van der Waals surface area contributed by atoms with E-state index in [0.717, 1.165) is 13.8 Å². The van der Waals surface area contributed by atoms with Gasteiger partial charge in [0.25, 0.3) is 0 Å². The largest absolute Gasteiger partial charge is 0.478 e. The van der Waals surface area contributed by atoms with Gasteiger partial charge >= 0.3 is 11.9 Å². The van der Waals surface area contributed by atoms with Crippen LogP contribution in [-0.4, -0.2) is 22.9 Å². The molecule has 0 heterocycles. The number of hydrogen-bond donors (Lipinski definition) is 1. The molecule has 0 saturated carbocycles. The molecule has 0 fully saturated rings. The summed E-state index contributed by atoms with van der Waals surface area (Å²) in [5.74, 6) is -4.39. The number of alkyl halides is 1. The number of rotatable bonds is 3. The third-order valence-electron chi connectivity index (χ3n) is 0.705. The second-order valence-corrected chi connectivity index (χ2v) is 2.46. The molecule has 0 aromatic carbocycles. The van der Waals surface area contributed by atoms with Crippen LogP contribution in [0.15, 0.2) is 12.2 Å². The Hall–Kier alpha value is -1.39. The Morgan fingerprint density at radius 1 is 1.42 bits per heavy atom. The van der Waals surface area contributed by atoms with E-state index in [1.165, 1.54) is 0 Å². The van der Waals surface area contributed by atoms with Gasteiger partial charge in [0.05, 0.1) is 0 Å². The molecule has 0 aromatic heterocycles. The van der Waals surface area contributed by atoms with Crippen molar-refractivity contribution in [1.29, 1.82) is 0 Å². The Labute approximate surface area is 68.6 Å². The lowest BCUT2D eigenvalue weighted by molar-refractivity contribution is -0.167. The quantitative estimate of drug-likeness (QED) is 0.512. The fourth-order valence-electron chi connectivity index (χ4n) is 0.413. The lowest BCUT2D eigenvalue weighted by Gasteiger charge is -2.12. The van der Waals surface area contributed by atoms with Crippen molar-refractivity contribution in [2.24, 2.45) is 0 Å². The molecule has 0 saturated heterocycles. The zero-order valence-corrected chi connectivity index (χ0v) is 6.70. The van der Waals surface area contributed by atoms with E-state index in [-0.39, 0.29) is 0 Å². The average molecular weight is 176 g/mol. The number of carboxylic acids is 1. The van der Waals surface area contributed by atoms with Gasteiger partial charge < -0.3 is 9.84 Å². The first-order valence-electron chi connectivity index (χ1n) is 3.14. The van der Waals surface area contributed by atoms with Gasteiger partial charge in [-0.15, -0.1) is 0 Å². The summed E-state index contributed by atoms with van der Waals surface area (Å²) in [5.41, 5.74) is 0. The van der Waals surface area contributed by atoms with Gasteiger partial charge in [-0.25, -0.2) is 9.59 Å². The fourth-order valence-corrected chi connectivity index (χ4v) is 0.413. The van der Waals surface area contributed by atoms with Crippen molar-refractivity contribution in [1.82, 2.24) is 0 Å². The summed E-state index contributed by atoms with van der Waals surface area (Å²) >= 11 is 0. The van der Waals surface area contributed by atoms with Gasteiger partial charge in [0, 0.05) is 26.0 Å². The fraction of sp³-hybridized carbons (Fsp3) is 0.429. The number of carbonyl (C=O) groups is 2. The third-order valence-corrected chi connectivity index (χ3v) is 0.705. The molecule has 0 atom stereocenters. The Balaban J connectivity index is 3.99. The Bertz CT molecular complexity index is 214. The van der Waals surface area contributed by atoms with Crippen LogP contribution >= 0.6 is 0 Å². The van der Waals surface area contributed by atoms with Crippen LogP contribution in [0.4, 0.5) is 4.39 Å². The van der Waals surface area contributed by atoms with Crippen molar-refractivity contribution in [3.8, 4) is 0 Å². The van der Waals surface area contributed by atoms with Crippen LogP contribution in [0.1, 0.15) is 13.8 Å². The average Bonchev–Trinajstić information content (AvgIpc) is 1.79. The molecule has 0 radical (unpaired) electrons. The highest BCUT2D eigenvalue weighted by Gasteiger charge is 2.19. The van der Waals surface area contributed by atoms with Crippen LogP contribution in [0.2, 0.25) is 0 Å². The standard InChI is InChI=1S/C7H9FO4/c1-7(2,8)12-6(11)4-3-5(9)10/h3-4H,1-2H3,(H,9,10). The molecule has 0 aliphatic rings. The van der Waals surface area contributed by atoms with Crippen LogP contribution in [0, 0.1) is 0 Å². The van der Waals surface area contributed by atoms with Crippen molar-refractivity contribution in [3.05, 3.63) is 12.2 Å². The van der Waals surface area contributed by atoms with Gasteiger partial charge in [-0.1, -0.05) is 0 Å². The summed E-state index contributed by atoms with van der Waals surface area (Å²) < 4.78 is 16.7. The number of carboxylic acid groups (broad SMARTS) is 1. The number of ether oxygens (including phenoxy) is 1. The van der Waals surface area contributed by atoms with Crippen LogP contribution < -0.4 is 0 Å². The molecule has 68 valence electrons. The lowest BCUT2D eigenvalue weighted by Crippen LogP contribution is -2.21. The molecule has 5 heteroatoms. The van der Waals surface area contributed by atoms with Crippen LogP contribution in [0.25, 0.3) is 0 Å². The first kappa shape index (κ1) is 10.6.